The SMILES string of the molecule is OP1Oc2ccc3ccccc3c2Sc2c(ccc3ccccc23)O1. The maximum Gasteiger partial charge on any atom is 0.460 e. The summed E-state index contributed by atoms with van der Waals surface area (Å²) >= 11 is 1.63. The highest BCUT2D eigenvalue weighted by molar-refractivity contribution is 8.00. The first kappa shape index (κ1) is 15.0. The average molecular weight is 364 g/mol. The molecule has 0 radical (unpaired) electrons. The predicted molar refractivity (Wildman–Crippen MR) is 102 cm³/mol. The summed E-state index contributed by atoms with van der Waals surface area (Å²) in [6.45, 7) is 0. The van der Waals surface area contributed by atoms with Crippen LogP contribution in [0.3, 0.4) is 0 Å². The van der Waals surface area contributed by atoms with Crippen molar-refractivity contribution in [2.75, 3.05) is 0 Å². The van der Waals surface area contributed by atoms with Crippen molar-refractivity contribution in [3.05, 3.63) is 72.8 Å². The van der Waals surface area contributed by atoms with Gasteiger partial charge in [-0.2, -0.15) is 0 Å². The molecule has 25 heavy (non-hydrogen) atoms. The molecular weight excluding hydrogens is 351 g/mol. The van der Waals surface area contributed by atoms with Crippen LogP contribution in [-0.4, -0.2) is 4.89 Å². The van der Waals surface area contributed by atoms with Crippen molar-refractivity contribution in [2.45, 2.75) is 9.79 Å². The molecule has 0 fully saturated rings. The van der Waals surface area contributed by atoms with Crippen LogP contribution in [0.2, 0.25) is 0 Å². The lowest BCUT2D eigenvalue weighted by molar-refractivity contribution is 0.374. The summed E-state index contributed by atoms with van der Waals surface area (Å²) in [6, 6.07) is 24.2. The molecule has 0 unspecified atom stereocenters. The summed E-state index contributed by atoms with van der Waals surface area (Å²) in [6.07, 6.45) is 0. The van der Waals surface area contributed by atoms with E-state index in [-0.39, 0.29) is 0 Å². The van der Waals surface area contributed by atoms with Gasteiger partial charge in [0, 0.05) is 0 Å². The molecule has 4 aromatic carbocycles. The standard InChI is InChI=1S/C20H13O3PS/c21-24-22-17-11-9-13-5-1-3-7-15(13)19(17)25-20-16-8-4-2-6-14(16)10-12-18(20)23-24/h1-12,21H. The normalized spacial score (nSPS) is 14.1. The van der Waals surface area contributed by atoms with Gasteiger partial charge in [0.1, 0.15) is 11.5 Å². The van der Waals surface area contributed by atoms with E-state index in [0.29, 0.717) is 11.5 Å². The van der Waals surface area contributed by atoms with Gasteiger partial charge in [-0.3, -0.25) is 0 Å². The molecule has 122 valence electrons. The van der Waals surface area contributed by atoms with Gasteiger partial charge < -0.3 is 13.9 Å². The van der Waals surface area contributed by atoms with Gasteiger partial charge in [-0.25, -0.2) is 0 Å². The third kappa shape index (κ3) is 2.54. The van der Waals surface area contributed by atoms with Crippen LogP contribution in [0.1, 0.15) is 0 Å². The number of rotatable bonds is 0. The van der Waals surface area contributed by atoms with E-state index in [1.54, 1.807) is 11.8 Å². The highest BCUT2D eigenvalue weighted by Crippen LogP contribution is 2.53. The molecule has 0 bridgehead atoms. The summed E-state index contributed by atoms with van der Waals surface area (Å²) in [7, 11) is -2.03. The fraction of sp³-hybridized carbons (Fsp3) is 0. The van der Waals surface area contributed by atoms with Gasteiger partial charge in [-0.05, 0) is 33.7 Å². The van der Waals surface area contributed by atoms with E-state index in [9.17, 15) is 4.89 Å². The van der Waals surface area contributed by atoms with Gasteiger partial charge in [0.15, 0.2) is 0 Å². The first-order chi connectivity index (χ1) is 12.3. The second-order valence-corrected chi connectivity index (χ2v) is 7.61. The third-order valence-corrected chi connectivity index (χ3v) is 6.20. The largest absolute Gasteiger partial charge is 0.460 e. The van der Waals surface area contributed by atoms with E-state index in [1.807, 2.05) is 48.5 Å². The Morgan fingerprint density at radius 1 is 0.640 bits per heavy atom. The molecule has 0 aromatic heterocycles. The molecule has 0 saturated carbocycles. The van der Waals surface area contributed by atoms with Crippen molar-refractivity contribution < 1.29 is 13.9 Å². The van der Waals surface area contributed by atoms with E-state index >= 15 is 0 Å². The summed E-state index contributed by atoms with van der Waals surface area (Å²) < 4.78 is 11.4. The lowest BCUT2D eigenvalue weighted by Crippen LogP contribution is -2.00. The number of fused-ring (bicyclic) bond motifs is 6. The molecule has 1 aliphatic heterocycles. The quantitative estimate of drug-likeness (QED) is 0.381. The fourth-order valence-electron chi connectivity index (χ4n) is 3.09. The van der Waals surface area contributed by atoms with E-state index in [4.69, 9.17) is 9.05 Å². The van der Waals surface area contributed by atoms with Crippen molar-refractivity contribution in [1.82, 2.24) is 0 Å². The van der Waals surface area contributed by atoms with Crippen molar-refractivity contribution in [3.8, 4) is 11.5 Å². The first-order valence-corrected chi connectivity index (χ1v) is 9.80. The molecule has 1 aliphatic rings. The monoisotopic (exact) mass is 364 g/mol. The lowest BCUT2D eigenvalue weighted by atomic mass is 10.1. The Kier molecular flexibility index (Phi) is 3.56. The Hall–Kier alpha value is -2.26. The summed E-state index contributed by atoms with van der Waals surface area (Å²) in [5, 5.41) is 4.49. The Balaban J connectivity index is 1.82. The Morgan fingerprint density at radius 3 is 1.64 bits per heavy atom. The zero-order chi connectivity index (χ0) is 16.8. The molecule has 1 N–H and O–H groups in total. The molecule has 1 heterocycles. The Labute approximate surface area is 150 Å². The third-order valence-electron chi connectivity index (χ3n) is 4.24. The molecule has 0 spiro atoms. The van der Waals surface area contributed by atoms with E-state index in [2.05, 4.69) is 24.3 Å². The van der Waals surface area contributed by atoms with E-state index in [1.165, 1.54) is 0 Å². The molecule has 5 rings (SSSR count). The van der Waals surface area contributed by atoms with Crippen LogP contribution in [0.15, 0.2) is 82.6 Å². The Bertz CT molecular complexity index is 1030. The molecule has 4 aromatic rings. The first-order valence-electron chi connectivity index (χ1n) is 7.86. The zero-order valence-corrected chi connectivity index (χ0v) is 14.8. The second kappa shape index (κ2) is 5.92. The average Bonchev–Trinajstić information content (AvgIpc) is 2.63. The summed E-state index contributed by atoms with van der Waals surface area (Å²) in [5.41, 5.74) is 0. The molecule has 0 aliphatic carbocycles. The zero-order valence-electron chi connectivity index (χ0n) is 13.0. The molecule has 0 amide bonds. The molecule has 3 nitrogen and oxygen atoms in total. The van der Waals surface area contributed by atoms with Gasteiger partial charge in [-0.1, -0.05) is 72.4 Å². The van der Waals surface area contributed by atoms with Crippen LogP contribution in [0.5, 0.6) is 11.5 Å². The molecule has 0 atom stereocenters. The smallest absolute Gasteiger partial charge is 0.417 e. The van der Waals surface area contributed by atoms with Gasteiger partial charge in [-0.15, -0.1) is 0 Å². The van der Waals surface area contributed by atoms with Crippen molar-refractivity contribution in [3.63, 3.8) is 0 Å². The highest BCUT2D eigenvalue weighted by atomic mass is 32.2. The topological polar surface area (TPSA) is 38.7 Å². The van der Waals surface area contributed by atoms with E-state index < -0.39 is 8.60 Å². The maximum atomic E-state index is 10.3. The minimum atomic E-state index is -2.03. The van der Waals surface area contributed by atoms with Crippen LogP contribution < -0.4 is 9.05 Å². The minimum absolute atomic E-state index is 0.649. The minimum Gasteiger partial charge on any atom is -0.417 e. The number of hydrogen-bond donors (Lipinski definition) is 1. The molecule has 0 saturated heterocycles. The van der Waals surface area contributed by atoms with Gasteiger partial charge in [0.05, 0.1) is 9.79 Å². The van der Waals surface area contributed by atoms with E-state index in [0.717, 1.165) is 31.3 Å². The Morgan fingerprint density at radius 2 is 1.12 bits per heavy atom. The van der Waals surface area contributed by atoms with Crippen molar-refractivity contribution in [2.24, 2.45) is 0 Å². The number of hydrogen-bond acceptors (Lipinski definition) is 4. The highest BCUT2D eigenvalue weighted by Gasteiger charge is 2.24. The van der Waals surface area contributed by atoms with Gasteiger partial charge >= 0.3 is 8.60 Å². The van der Waals surface area contributed by atoms with Crippen molar-refractivity contribution >= 4 is 41.9 Å². The number of benzene rings is 4. The maximum absolute atomic E-state index is 10.3. The predicted octanol–water partition coefficient (Wildman–Crippen LogP) is 6.13. The second-order valence-electron chi connectivity index (χ2n) is 5.75. The van der Waals surface area contributed by atoms with Crippen LogP contribution in [0, 0.1) is 0 Å². The van der Waals surface area contributed by atoms with Crippen molar-refractivity contribution in [1.29, 1.82) is 0 Å². The van der Waals surface area contributed by atoms with Crippen LogP contribution in [0.25, 0.3) is 21.5 Å². The van der Waals surface area contributed by atoms with Crippen LogP contribution in [-0.2, 0) is 0 Å². The van der Waals surface area contributed by atoms with Gasteiger partial charge in [0.2, 0.25) is 0 Å². The van der Waals surface area contributed by atoms with Crippen LogP contribution >= 0.6 is 20.4 Å². The lowest BCUT2D eigenvalue weighted by Gasteiger charge is -2.22. The molecular formula is C20H13O3PS. The fourth-order valence-corrected chi connectivity index (χ4v) is 5.11. The summed E-state index contributed by atoms with van der Waals surface area (Å²) in [5.74, 6) is 1.30. The van der Waals surface area contributed by atoms with Gasteiger partial charge in [0.25, 0.3) is 0 Å². The summed E-state index contributed by atoms with van der Waals surface area (Å²) in [4.78, 5) is 12.3. The molecule has 5 heteroatoms. The van der Waals surface area contributed by atoms with Crippen LogP contribution in [0.4, 0.5) is 0 Å².